The Morgan fingerprint density at radius 3 is 1.45 bits per heavy atom. The molecule has 1 N–H and O–H groups in total. The van der Waals surface area contributed by atoms with Crippen molar-refractivity contribution in [3.05, 3.63) is 0 Å². The second-order valence-electron chi connectivity index (χ2n) is 5.26. The van der Waals surface area contributed by atoms with E-state index < -0.39 is 5.97 Å². The van der Waals surface area contributed by atoms with Crippen molar-refractivity contribution in [1.29, 1.82) is 0 Å². The molecule has 0 unspecified atom stereocenters. The third-order valence-electron chi connectivity index (χ3n) is 2.74. The first kappa shape index (κ1) is 21.7. The third kappa shape index (κ3) is 22.6. The second-order valence-corrected chi connectivity index (χ2v) is 5.26. The Morgan fingerprint density at radius 2 is 1.20 bits per heavy atom. The molecule has 0 aromatic heterocycles. The molecule has 0 radical (unpaired) electrons. The van der Waals surface area contributed by atoms with Crippen LogP contribution in [0.1, 0.15) is 79.1 Å². The summed E-state index contributed by atoms with van der Waals surface area (Å²) < 4.78 is 0. The third-order valence-corrected chi connectivity index (χ3v) is 2.74. The van der Waals surface area contributed by atoms with Gasteiger partial charge in [-0.25, -0.2) is 9.78 Å². The van der Waals surface area contributed by atoms with Crippen LogP contribution in [0.3, 0.4) is 0 Å². The van der Waals surface area contributed by atoms with Crippen molar-refractivity contribution in [1.82, 2.24) is 0 Å². The molecule has 20 heavy (non-hydrogen) atoms. The number of carbonyl (C=O) groups is 1. The Kier molecular flexibility index (Phi) is 19.9. The monoisotopic (exact) mass is 290 g/mol. The molecular formula is C16H34O4. The minimum absolute atomic E-state index is 0.231. The van der Waals surface area contributed by atoms with Gasteiger partial charge in [0.05, 0.1) is 19.1 Å². The largest absolute Gasteiger partial charge is 0.481 e. The van der Waals surface area contributed by atoms with Crippen LogP contribution in [0.2, 0.25) is 0 Å². The van der Waals surface area contributed by atoms with Gasteiger partial charge in [0.15, 0.2) is 0 Å². The predicted molar refractivity (Wildman–Crippen MR) is 82.7 cm³/mol. The number of rotatable bonds is 12. The number of carboxylic acid groups (broad SMARTS) is 1. The maximum absolute atomic E-state index is 9.70. The fourth-order valence-corrected chi connectivity index (χ4v) is 1.29. The molecule has 122 valence electrons. The maximum Gasteiger partial charge on any atom is 0.305 e. The van der Waals surface area contributed by atoms with Gasteiger partial charge < -0.3 is 5.11 Å². The van der Waals surface area contributed by atoms with Crippen molar-refractivity contribution in [2.75, 3.05) is 13.2 Å². The van der Waals surface area contributed by atoms with Crippen LogP contribution in [0.5, 0.6) is 0 Å². The van der Waals surface area contributed by atoms with Crippen molar-refractivity contribution in [3.8, 4) is 0 Å². The lowest BCUT2D eigenvalue weighted by molar-refractivity contribution is -0.295. The molecule has 4 nitrogen and oxygen atoms in total. The zero-order chi connectivity index (χ0) is 15.6. The number of aliphatic carboxylic acids is 1. The molecule has 0 aliphatic carbocycles. The van der Waals surface area contributed by atoms with E-state index in [1.54, 1.807) is 13.8 Å². The standard InChI is InChI=1S/C12H26O2.C4H8O2/c1-3-5-7-9-11-13-14-12-10-8-6-4-2;1-3(2)4(5)6/h3-12H2,1-2H3;3H,1-2H3,(H,5,6). The van der Waals surface area contributed by atoms with Crippen molar-refractivity contribution < 1.29 is 19.7 Å². The smallest absolute Gasteiger partial charge is 0.305 e. The molecule has 4 heteroatoms. The molecule has 0 rings (SSSR count). The van der Waals surface area contributed by atoms with Crippen LogP contribution in [0.25, 0.3) is 0 Å². The van der Waals surface area contributed by atoms with E-state index in [-0.39, 0.29) is 5.92 Å². The van der Waals surface area contributed by atoms with Crippen LogP contribution < -0.4 is 0 Å². The Morgan fingerprint density at radius 1 is 0.850 bits per heavy atom. The predicted octanol–water partition coefficient (Wildman–Crippen LogP) is 4.82. The van der Waals surface area contributed by atoms with Crippen LogP contribution in [-0.4, -0.2) is 24.3 Å². The van der Waals surface area contributed by atoms with Crippen LogP contribution in [0, 0.1) is 5.92 Å². The second kappa shape index (κ2) is 18.4. The summed E-state index contributed by atoms with van der Waals surface area (Å²) in [6.45, 7) is 9.22. The first-order valence-electron chi connectivity index (χ1n) is 8.03. The van der Waals surface area contributed by atoms with E-state index in [9.17, 15) is 4.79 Å². The highest BCUT2D eigenvalue weighted by Gasteiger charge is 1.99. The van der Waals surface area contributed by atoms with E-state index in [2.05, 4.69) is 13.8 Å². The van der Waals surface area contributed by atoms with Gasteiger partial charge >= 0.3 is 5.97 Å². The average Bonchev–Trinajstić information content (AvgIpc) is 2.41. The summed E-state index contributed by atoms with van der Waals surface area (Å²) in [5.74, 6) is -0.972. The summed E-state index contributed by atoms with van der Waals surface area (Å²) in [5, 5.41) is 7.99. The summed E-state index contributed by atoms with van der Waals surface area (Å²) in [6.07, 6.45) is 9.94. The SMILES string of the molecule is CC(C)C(=O)O.CCCCCCOOCCCCCC. The van der Waals surface area contributed by atoms with Crippen LogP contribution >= 0.6 is 0 Å². The Balaban J connectivity index is 0. The quantitative estimate of drug-likeness (QED) is 0.318. The lowest BCUT2D eigenvalue weighted by Crippen LogP contribution is -2.03. The summed E-state index contributed by atoms with van der Waals surface area (Å²) >= 11 is 0. The summed E-state index contributed by atoms with van der Waals surface area (Å²) in [6, 6.07) is 0. The minimum atomic E-state index is -0.741. The zero-order valence-corrected chi connectivity index (χ0v) is 13.8. The summed E-state index contributed by atoms with van der Waals surface area (Å²) in [5.41, 5.74) is 0. The van der Waals surface area contributed by atoms with Crippen LogP contribution in [-0.2, 0) is 14.6 Å². The first-order chi connectivity index (χ1) is 9.56. The highest BCUT2D eigenvalue weighted by molar-refractivity contribution is 5.68. The van der Waals surface area contributed by atoms with Gasteiger partial charge in [0, 0.05) is 0 Å². The Hall–Kier alpha value is -0.610. The number of unbranched alkanes of at least 4 members (excludes halogenated alkanes) is 6. The van der Waals surface area contributed by atoms with E-state index >= 15 is 0 Å². The van der Waals surface area contributed by atoms with Gasteiger partial charge in [0.2, 0.25) is 0 Å². The summed E-state index contributed by atoms with van der Waals surface area (Å²) in [4.78, 5) is 19.8. The lowest BCUT2D eigenvalue weighted by atomic mass is 10.2. The molecule has 0 saturated carbocycles. The maximum atomic E-state index is 9.70. The Bertz CT molecular complexity index is 181. The van der Waals surface area contributed by atoms with Crippen LogP contribution in [0.15, 0.2) is 0 Å². The highest BCUT2D eigenvalue weighted by atomic mass is 17.2. The molecule has 0 heterocycles. The summed E-state index contributed by atoms with van der Waals surface area (Å²) in [7, 11) is 0. The molecule has 0 bridgehead atoms. The van der Waals surface area contributed by atoms with Gasteiger partial charge in [-0.1, -0.05) is 66.2 Å². The Labute approximate surface area is 124 Å². The van der Waals surface area contributed by atoms with Gasteiger partial charge in [0.1, 0.15) is 0 Å². The molecule has 0 aromatic carbocycles. The van der Waals surface area contributed by atoms with Crippen molar-refractivity contribution >= 4 is 5.97 Å². The number of hydrogen-bond acceptors (Lipinski definition) is 3. The van der Waals surface area contributed by atoms with Gasteiger partial charge in [-0.05, 0) is 12.8 Å². The molecular weight excluding hydrogens is 256 g/mol. The minimum Gasteiger partial charge on any atom is -0.481 e. The first-order valence-corrected chi connectivity index (χ1v) is 8.03. The van der Waals surface area contributed by atoms with Crippen molar-refractivity contribution in [2.45, 2.75) is 79.1 Å². The normalized spacial score (nSPS) is 10.2. The highest BCUT2D eigenvalue weighted by Crippen LogP contribution is 2.01. The molecule has 0 aliphatic rings. The van der Waals surface area contributed by atoms with Crippen molar-refractivity contribution in [3.63, 3.8) is 0 Å². The van der Waals surface area contributed by atoms with E-state index in [0.717, 1.165) is 26.1 Å². The fourth-order valence-electron chi connectivity index (χ4n) is 1.29. The molecule has 0 fully saturated rings. The molecule has 0 aromatic rings. The van der Waals surface area contributed by atoms with E-state index in [0.29, 0.717) is 0 Å². The molecule has 0 saturated heterocycles. The van der Waals surface area contributed by atoms with Crippen LogP contribution in [0.4, 0.5) is 0 Å². The molecule has 0 atom stereocenters. The van der Waals surface area contributed by atoms with Gasteiger partial charge in [-0.2, -0.15) is 0 Å². The van der Waals surface area contributed by atoms with Gasteiger partial charge in [0.25, 0.3) is 0 Å². The molecule has 0 aliphatic heterocycles. The average molecular weight is 290 g/mol. The fraction of sp³-hybridized carbons (Fsp3) is 0.938. The van der Waals surface area contributed by atoms with E-state index in [4.69, 9.17) is 14.9 Å². The number of carboxylic acids is 1. The van der Waals surface area contributed by atoms with Gasteiger partial charge in [-0.3, -0.25) is 4.79 Å². The lowest BCUT2D eigenvalue weighted by Gasteiger charge is -2.03. The van der Waals surface area contributed by atoms with Crippen molar-refractivity contribution in [2.24, 2.45) is 5.92 Å². The topological polar surface area (TPSA) is 55.8 Å². The molecule has 0 spiro atoms. The number of hydrogen-bond donors (Lipinski definition) is 1. The zero-order valence-electron chi connectivity index (χ0n) is 13.8. The van der Waals surface area contributed by atoms with Gasteiger partial charge in [-0.15, -0.1) is 0 Å². The van der Waals surface area contributed by atoms with E-state index in [1.165, 1.54) is 38.5 Å². The van der Waals surface area contributed by atoms with E-state index in [1.807, 2.05) is 0 Å². The molecule has 0 amide bonds.